The number of rotatable bonds is 6. The Kier molecular flexibility index (Phi) is 6.78. The Hall–Kier alpha value is -3.69. The highest BCUT2D eigenvalue weighted by Crippen LogP contribution is 2.34. The molecule has 4 aromatic rings. The number of aliphatic hydroxyl groups is 1. The molecule has 0 aromatic heterocycles. The Balaban J connectivity index is 2.01. The first kappa shape index (κ1) is 21.5. The molecule has 0 amide bonds. The smallest absolute Gasteiger partial charge is 0.198 e. The van der Waals surface area contributed by atoms with E-state index in [1.807, 2.05) is 103 Å². The fourth-order valence-corrected chi connectivity index (χ4v) is 3.98. The molecule has 0 spiro atoms. The van der Waals surface area contributed by atoms with Crippen LogP contribution in [0.15, 0.2) is 125 Å². The van der Waals surface area contributed by atoms with Gasteiger partial charge in [0, 0.05) is 15.6 Å². The number of Topliss-reactive ketones (excluding diaryl/α,β-unsaturated/α-hetero) is 1. The summed E-state index contributed by atoms with van der Waals surface area (Å²) in [7, 11) is 0. The largest absolute Gasteiger partial charge is 0.507 e. The van der Waals surface area contributed by atoms with E-state index in [0.29, 0.717) is 21.2 Å². The van der Waals surface area contributed by atoms with Crippen LogP contribution in [0.4, 0.5) is 0 Å². The monoisotopic (exact) mass is 480 g/mol. The molecule has 0 bridgehead atoms. The predicted octanol–water partition coefficient (Wildman–Crippen LogP) is 7.84. The highest BCUT2D eigenvalue weighted by atomic mass is 79.9. The van der Waals surface area contributed by atoms with E-state index in [9.17, 15) is 9.90 Å². The van der Waals surface area contributed by atoms with E-state index in [1.54, 1.807) is 18.2 Å². The van der Waals surface area contributed by atoms with Gasteiger partial charge in [-0.25, -0.2) is 0 Å². The summed E-state index contributed by atoms with van der Waals surface area (Å²) in [5, 5.41) is 11.4. The van der Waals surface area contributed by atoms with Crippen molar-refractivity contribution in [2.75, 3.05) is 0 Å². The summed E-state index contributed by atoms with van der Waals surface area (Å²) in [4.78, 5) is 13.9. The Morgan fingerprint density at radius 2 is 1.16 bits per heavy atom. The topological polar surface area (TPSA) is 37.3 Å². The number of hydrogen-bond acceptors (Lipinski definition) is 2. The minimum Gasteiger partial charge on any atom is -0.507 e. The van der Waals surface area contributed by atoms with E-state index >= 15 is 0 Å². The third kappa shape index (κ3) is 4.79. The quantitative estimate of drug-likeness (QED) is 0.100. The Labute approximate surface area is 196 Å². The van der Waals surface area contributed by atoms with Crippen LogP contribution >= 0.6 is 15.9 Å². The summed E-state index contributed by atoms with van der Waals surface area (Å²) in [6, 6.07) is 35.9. The first-order valence-electron chi connectivity index (χ1n) is 10.3. The predicted molar refractivity (Wildman–Crippen MR) is 135 cm³/mol. The molecule has 0 radical (unpaired) electrons. The van der Waals surface area contributed by atoms with Crippen LogP contribution in [0.2, 0.25) is 0 Å². The molecule has 0 atom stereocenters. The van der Waals surface area contributed by atoms with E-state index in [4.69, 9.17) is 0 Å². The minimum absolute atomic E-state index is 0.0580. The van der Waals surface area contributed by atoms with Crippen molar-refractivity contribution in [2.24, 2.45) is 0 Å². The number of carbonyl (C=O) groups is 1. The minimum atomic E-state index is -0.259. The average Bonchev–Trinajstić information content (AvgIpc) is 2.85. The van der Waals surface area contributed by atoms with Gasteiger partial charge in [-0.2, -0.15) is 0 Å². The van der Waals surface area contributed by atoms with Crippen LogP contribution in [0.5, 0.6) is 0 Å². The highest BCUT2D eigenvalue weighted by molar-refractivity contribution is 9.10. The van der Waals surface area contributed by atoms with Crippen molar-refractivity contribution in [2.45, 2.75) is 0 Å². The molecule has 3 heteroatoms. The van der Waals surface area contributed by atoms with Gasteiger partial charge in [-0.3, -0.25) is 4.79 Å². The zero-order chi connectivity index (χ0) is 22.3. The van der Waals surface area contributed by atoms with E-state index in [1.165, 1.54) is 0 Å². The molecule has 0 fully saturated rings. The summed E-state index contributed by atoms with van der Waals surface area (Å²) in [6.45, 7) is 0. The molecular formula is C29H21BrO2. The molecule has 4 rings (SSSR count). The number of halogens is 1. The normalized spacial score (nSPS) is 12.2. The lowest BCUT2D eigenvalue weighted by Crippen LogP contribution is -2.10. The van der Waals surface area contributed by atoms with Crippen LogP contribution in [0.1, 0.15) is 27.0 Å². The van der Waals surface area contributed by atoms with E-state index in [0.717, 1.165) is 11.1 Å². The van der Waals surface area contributed by atoms with E-state index < -0.39 is 0 Å². The van der Waals surface area contributed by atoms with Gasteiger partial charge >= 0.3 is 0 Å². The molecule has 0 aliphatic carbocycles. The van der Waals surface area contributed by atoms with Crippen molar-refractivity contribution in [3.63, 3.8) is 0 Å². The summed E-state index contributed by atoms with van der Waals surface area (Å²) in [5.74, 6) is -0.317. The van der Waals surface area contributed by atoms with Crippen LogP contribution in [0.3, 0.4) is 0 Å². The number of hydrogen-bond donors (Lipinski definition) is 1. The number of carbonyl (C=O) groups excluding carboxylic acids is 1. The van der Waals surface area contributed by atoms with Gasteiger partial charge in [-0.15, -0.1) is 0 Å². The first-order valence-corrected chi connectivity index (χ1v) is 11.0. The molecule has 0 aliphatic heterocycles. The lowest BCUT2D eigenvalue weighted by atomic mass is 9.88. The van der Waals surface area contributed by atoms with Crippen molar-refractivity contribution in [3.8, 4) is 0 Å². The number of allylic oxidation sites excluding steroid dienone is 2. The second kappa shape index (κ2) is 10.1. The van der Waals surface area contributed by atoms with Gasteiger partial charge in [0.1, 0.15) is 5.76 Å². The van der Waals surface area contributed by atoms with Crippen LogP contribution in [0, 0.1) is 0 Å². The number of aliphatic hydroxyl groups excluding tert-OH is 1. The maximum Gasteiger partial charge on any atom is 0.198 e. The fraction of sp³-hybridized carbons (Fsp3) is 0. The van der Waals surface area contributed by atoms with Crippen molar-refractivity contribution in [1.82, 2.24) is 0 Å². The standard InChI is InChI=1S/C29H21BrO2/c30-26-19-11-10-18-24(26)29(32)27(28(31)23-16-8-3-9-17-23)25(22-14-6-2-7-15-22)20-21-12-4-1-5-13-21/h1-20,31H/b25-20-,28-27-. The van der Waals surface area contributed by atoms with Gasteiger partial charge in [-0.1, -0.05) is 119 Å². The van der Waals surface area contributed by atoms with Gasteiger partial charge in [-0.05, 0) is 34.9 Å². The zero-order valence-electron chi connectivity index (χ0n) is 17.3. The van der Waals surface area contributed by atoms with Gasteiger partial charge in [0.25, 0.3) is 0 Å². The molecule has 0 saturated heterocycles. The Morgan fingerprint density at radius 1 is 0.656 bits per heavy atom. The van der Waals surface area contributed by atoms with Crippen LogP contribution in [0.25, 0.3) is 17.4 Å². The summed E-state index contributed by atoms with van der Waals surface area (Å²) in [5.41, 5.74) is 3.74. The molecule has 1 N–H and O–H groups in total. The van der Waals surface area contributed by atoms with Gasteiger partial charge in [0.05, 0.1) is 5.57 Å². The van der Waals surface area contributed by atoms with E-state index in [-0.39, 0.29) is 17.1 Å². The Bertz CT molecular complexity index is 1270. The third-order valence-corrected chi connectivity index (χ3v) is 5.79. The number of ketones is 1. The summed E-state index contributed by atoms with van der Waals surface area (Å²) in [6.07, 6.45) is 1.94. The molecule has 0 unspecified atom stereocenters. The molecule has 4 aromatic carbocycles. The van der Waals surface area contributed by atoms with Crippen molar-refractivity contribution >= 4 is 39.1 Å². The molecule has 0 heterocycles. The lowest BCUT2D eigenvalue weighted by Gasteiger charge is -2.16. The van der Waals surface area contributed by atoms with Gasteiger partial charge < -0.3 is 5.11 Å². The van der Waals surface area contributed by atoms with Crippen molar-refractivity contribution in [3.05, 3.63) is 148 Å². The summed E-state index contributed by atoms with van der Waals surface area (Å²) < 4.78 is 0.676. The zero-order valence-corrected chi connectivity index (χ0v) is 18.9. The molecular weight excluding hydrogens is 460 g/mol. The maximum absolute atomic E-state index is 13.9. The second-order valence-electron chi connectivity index (χ2n) is 7.23. The molecule has 2 nitrogen and oxygen atoms in total. The molecule has 32 heavy (non-hydrogen) atoms. The second-order valence-corrected chi connectivity index (χ2v) is 8.09. The molecule has 156 valence electrons. The highest BCUT2D eigenvalue weighted by Gasteiger charge is 2.25. The summed E-state index contributed by atoms with van der Waals surface area (Å²) >= 11 is 3.50. The number of benzene rings is 4. The van der Waals surface area contributed by atoms with Gasteiger partial charge in [0.15, 0.2) is 5.78 Å². The van der Waals surface area contributed by atoms with Crippen molar-refractivity contribution in [1.29, 1.82) is 0 Å². The van der Waals surface area contributed by atoms with Crippen LogP contribution in [-0.2, 0) is 0 Å². The molecule has 0 aliphatic rings. The SMILES string of the molecule is O=C(C(/C(=C\c1ccccc1)c1ccccc1)=C(\O)c1ccccc1)c1ccccc1Br. The molecule has 0 saturated carbocycles. The third-order valence-electron chi connectivity index (χ3n) is 5.09. The van der Waals surface area contributed by atoms with Crippen LogP contribution < -0.4 is 0 Å². The van der Waals surface area contributed by atoms with E-state index in [2.05, 4.69) is 15.9 Å². The first-order chi connectivity index (χ1) is 15.6. The maximum atomic E-state index is 13.9. The fourth-order valence-electron chi connectivity index (χ4n) is 3.51. The lowest BCUT2D eigenvalue weighted by molar-refractivity contribution is 0.103. The van der Waals surface area contributed by atoms with Crippen molar-refractivity contribution < 1.29 is 9.90 Å². The van der Waals surface area contributed by atoms with Gasteiger partial charge in [0.2, 0.25) is 0 Å². The Morgan fingerprint density at radius 3 is 1.75 bits per heavy atom. The average molecular weight is 481 g/mol. The van der Waals surface area contributed by atoms with Crippen LogP contribution in [-0.4, -0.2) is 10.9 Å².